The molecule has 0 aromatic carbocycles. The number of halogens is 1. The largest absolute Gasteiger partial charge is 0.379 e. The Balaban J connectivity index is 1.99. The van der Waals surface area contributed by atoms with Crippen LogP contribution in [0.5, 0.6) is 0 Å². The average molecular weight is 312 g/mol. The van der Waals surface area contributed by atoms with Crippen LogP contribution in [0.3, 0.4) is 0 Å². The monoisotopic (exact) mass is 311 g/mol. The lowest BCUT2D eigenvalue weighted by Crippen LogP contribution is -2.43. The number of anilines is 1. The molecule has 2 aromatic rings. The fourth-order valence-electron chi connectivity index (χ4n) is 2.53. The number of hydrogen-bond acceptors (Lipinski definition) is 5. The van der Waals surface area contributed by atoms with Crippen molar-refractivity contribution >= 4 is 39.0 Å². The van der Waals surface area contributed by atoms with Gasteiger partial charge in [0.1, 0.15) is 10.6 Å². The van der Waals surface area contributed by atoms with Crippen molar-refractivity contribution in [3.8, 4) is 0 Å². The number of nitrogens with zero attached hydrogens (tertiary/aromatic N) is 2. The molecule has 0 amide bonds. The van der Waals surface area contributed by atoms with Gasteiger partial charge in [-0.15, -0.1) is 11.3 Å². The van der Waals surface area contributed by atoms with Gasteiger partial charge < -0.3 is 10.1 Å². The first-order valence-electron chi connectivity index (χ1n) is 6.91. The maximum atomic E-state index is 6.05. The van der Waals surface area contributed by atoms with E-state index in [1.807, 2.05) is 0 Å². The molecular formula is C14H18ClN3OS. The number of rotatable bonds is 3. The van der Waals surface area contributed by atoms with Crippen molar-refractivity contribution in [1.29, 1.82) is 0 Å². The highest BCUT2D eigenvalue weighted by atomic mass is 35.5. The Morgan fingerprint density at radius 2 is 2.35 bits per heavy atom. The highest BCUT2D eigenvalue weighted by Crippen LogP contribution is 2.33. The Hall–Kier alpha value is -0.910. The summed E-state index contributed by atoms with van der Waals surface area (Å²) in [7, 11) is 0. The molecule has 1 atom stereocenters. The standard InChI is InChI=1S/C14H18ClN3OS/c1-3-9-7-10-11(16-13(15)17-12(10)20-9)18-14(2)5-4-6-19-8-14/h7H,3-6,8H2,1-2H3,(H,16,17,18). The first-order valence-corrected chi connectivity index (χ1v) is 8.11. The second-order valence-electron chi connectivity index (χ2n) is 5.47. The number of thiophene rings is 1. The Morgan fingerprint density at radius 3 is 3.05 bits per heavy atom. The predicted molar refractivity (Wildman–Crippen MR) is 83.9 cm³/mol. The SMILES string of the molecule is CCc1cc2c(NC3(C)CCCOC3)nc(Cl)nc2s1. The van der Waals surface area contributed by atoms with E-state index in [1.165, 1.54) is 4.88 Å². The van der Waals surface area contributed by atoms with Crippen LogP contribution in [0.1, 0.15) is 31.6 Å². The number of aromatic nitrogens is 2. The maximum Gasteiger partial charge on any atom is 0.225 e. The van der Waals surface area contributed by atoms with Crippen LogP contribution in [0.25, 0.3) is 10.2 Å². The van der Waals surface area contributed by atoms with Gasteiger partial charge in [-0.05, 0) is 43.9 Å². The van der Waals surface area contributed by atoms with E-state index in [1.54, 1.807) is 11.3 Å². The maximum absolute atomic E-state index is 6.05. The minimum Gasteiger partial charge on any atom is -0.379 e. The summed E-state index contributed by atoms with van der Waals surface area (Å²) in [4.78, 5) is 10.9. The van der Waals surface area contributed by atoms with Gasteiger partial charge in [-0.2, -0.15) is 0 Å². The third-order valence-corrected chi connectivity index (χ3v) is 4.97. The number of nitrogens with one attached hydrogen (secondary N) is 1. The van der Waals surface area contributed by atoms with Crippen molar-refractivity contribution in [1.82, 2.24) is 9.97 Å². The highest BCUT2D eigenvalue weighted by molar-refractivity contribution is 7.18. The molecule has 2 aromatic heterocycles. The Labute approximate surface area is 127 Å². The van der Waals surface area contributed by atoms with Crippen LogP contribution in [0.4, 0.5) is 5.82 Å². The zero-order chi connectivity index (χ0) is 14.2. The second kappa shape index (κ2) is 5.47. The van der Waals surface area contributed by atoms with E-state index >= 15 is 0 Å². The molecule has 20 heavy (non-hydrogen) atoms. The molecule has 1 aliphatic rings. The van der Waals surface area contributed by atoms with E-state index < -0.39 is 0 Å². The molecule has 0 aliphatic carbocycles. The lowest BCUT2D eigenvalue weighted by atomic mass is 9.95. The van der Waals surface area contributed by atoms with E-state index in [0.29, 0.717) is 11.9 Å². The molecule has 0 radical (unpaired) electrons. The first kappa shape index (κ1) is 14.0. The fraction of sp³-hybridized carbons (Fsp3) is 0.571. The molecule has 3 heterocycles. The van der Waals surface area contributed by atoms with Gasteiger partial charge in [-0.1, -0.05) is 6.92 Å². The summed E-state index contributed by atoms with van der Waals surface area (Å²) in [6.07, 6.45) is 3.13. The van der Waals surface area contributed by atoms with Crippen LogP contribution < -0.4 is 5.32 Å². The van der Waals surface area contributed by atoms with E-state index in [0.717, 1.165) is 41.9 Å². The number of ether oxygens (including phenoxy) is 1. The smallest absolute Gasteiger partial charge is 0.225 e. The van der Waals surface area contributed by atoms with Crippen LogP contribution in [0.2, 0.25) is 5.28 Å². The summed E-state index contributed by atoms with van der Waals surface area (Å²) in [6.45, 7) is 5.85. The van der Waals surface area contributed by atoms with Crippen molar-refractivity contribution in [2.45, 2.75) is 38.6 Å². The zero-order valence-electron chi connectivity index (χ0n) is 11.7. The van der Waals surface area contributed by atoms with Crippen molar-refractivity contribution in [3.63, 3.8) is 0 Å². The number of hydrogen-bond donors (Lipinski definition) is 1. The van der Waals surface area contributed by atoms with Crippen LogP contribution in [-0.2, 0) is 11.2 Å². The fourth-order valence-corrected chi connectivity index (χ4v) is 3.72. The Kier molecular flexibility index (Phi) is 3.84. The van der Waals surface area contributed by atoms with Crippen LogP contribution >= 0.6 is 22.9 Å². The van der Waals surface area contributed by atoms with Crippen molar-refractivity contribution in [3.05, 3.63) is 16.2 Å². The van der Waals surface area contributed by atoms with Crippen molar-refractivity contribution in [2.75, 3.05) is 18.5 Å². The zero-order valence-corrected chi connectivity index (χ0v) is 13.3. The van der Waals surface area contributed by atoms with Crippen LogP contribution in [-0.4, -0.2) is 28.7 Å². The van der Waals surface area contributed by atoms with E-state index in [9.17, 15) is 0 Å². The van der Waals surface area contributed by atoms with Crippen molar-refractivity contribution < 1.29 is 4.74 Å². The van der Waals surface area contributed by atoms with Crippen LogP contribution in [0, 0.1) is 0 Å². The Bertz CT molecular complexity index is 622. The van der Waals surface area contributed by atoms with Gasteiger partial charge in [0.2, 0.25) is 5.28 Å². The van der Waals surface area contributed by atoms with E-state index in [2.05, 4.69) is 35.2 Å². The summed E-state index contributed by atoms with van der Waals surface area (Å²) >= 11 is 7.73. The lowest BCUT2D eigenvalue weighted by Gasteiger charge is -2.34. The van der Waals surface area contributed by atoms with Gasteiger partial charge >= 0.3 is 0 Å². The van der Waals surface area contributed by atoms with Crippen LogP contribution in [0.15, 0.2) is 6.07 Å². The van der Waals surface area contributed by atoms with Gasteiger partial charge in [0, 0.05) is 11.5 Å². The second-order valence-corrected chi connectivity index (χ2v) is 6.92. The molecule has 1 unspecified atom stereocenters. The molecular weight excluding hydrogens is 294 g/mol. The normalized spacial score (nSPS) is 23.1. The van der Waals surface area contributed by atoms with Gasteiger partial charge in [0.25, 0.3) is 0 Å². The molecule has 0 saturated carbocycles. The van der Waals surface area contributed by atoms with Gasteiger partial charge in [0.15, 0.2) is 0 Å². The summed E-state index contributed by atoms with van der Waals surface area (Å²) < 4.78 is 5.59. The van der Waals surface area contributed by atoms with Crippen molar-refractivity contribution in [2.24, 2.45) is 0 Å². The summed E-state index contributed by atoms with van der Waals surface area (Å²) in [5, 5.41) is 4.88. The van der Waals surface area contributed by atoms with E-state index in [-0.39, 0.29) is 5.54 Å². The minimum absolute atomic E-state index is 0.0861. The molecule has 0 bridgehead atoms. The molecule has 1 N–H and O–H groups in total. The Morgan fingerprint density at radius 1 is 1.50 bits per heavy atom. The summed E-state index contributed by atoms with van der Waals surface area (Å²) in [5.41, 5.74) is -0.0861. The third kappa shape index (κ3) is 2.75. The molecule has 0 spiro atoms. The number of aryl methyl sites for hydroxylation is 1. The molecule has 1 saturated heterocycles. The quantitative estimate of drug-likeness (QED) is 0.874. The molecule has 1 aliphatic heterocycles. The summed E-state index contributed by atoms with van der Waals surface area (Å²) in [6, 6.07) is 2.16. The average Bonchev–Trinajstić information content (AvgIpc) is 2.82. The summed E-state index contributed by atoms with van der Waals surface area (Å²) in [5.74, 6) is 0.823. The lowest BCUT2D eigenvalue weighted by molar-refractivity contribution is 0.0539. The molecule has 4 nitrogen and oxygen atoms in total. The van der Waals surface area contributed by atoms with Gasteiger partial charge in [0.05, 0.1) is 17.5 Å². The molecule has 3 rings (SSSR count). The third-order valence-electron chi connectivity index (χ3n) is 3.62. The first-order chi connectivity index (χ1) is 9.59. The van der Waals surface area contributed by atoms with E-state index in [4.69, 9.17) is 16.3 Å². The minimum atomic E-state index is -0.0861. The van der Waals surface area contributed by atoms with Gasteiger partial charge in [-0.3, -0.25) is 0 Å². The number of fused-ring (bicyclic) bond motifs is 1. The molecule has 6 heteroatoms. The van der Waals surface area contributed by atoms with Gasteiger partial charge in [-0.25, -0.2) is 9.97 Å². The highest BCUT2D eigenvalue weighted by Gasteiger charge is 2.28. The predicted octanol–water partition coefficient (Wildman–Crippen LogP) is 3.89. The topological polar surface area (TPSA) is 47.0 Å². The molecule has 108 valence electrons. The molecule has 1 fully saturated rings.